The van der Waals surface area contributed by atoms with E-state index in [0.29, 0.717) is 0 Å². The van der Waals surface area contributed by atoms with E-state index in [1.165, 1.54) is 135 Å². The summed E-state index contributed by atoms with van der Waals surface area (Å²) in [7, 11) is -8.44. The SMILES string of the molecule is Cc1ccccc1P(c1ccccc1)c1ccccc1C.Cc1ccccc1P(c1ccccc1)c1ccccc1C.Cc1ccccc1P(c1ccccc1)c1ccccc1C.Cc1ccccc1P(c1ccccc1)c1ccccc1C.Cc1ccccc1P(c1ccccc1)c1ccccc1C.F[B-](F)(F)F.[Au].[Au].[Au].[Au].[Au].[CH3+]. The van der Waals surface area contributed by atoms with E-state index in [1.54, 1.807) is 0 Å². The Morgan fingerprint density at radius 3 is 0.310 bits per heavy atom. The molecule has 0 amide bonds. The molecule has 0 N–H and O–H groups in total. The second-order valence-electron chi connectivity index (χ2n) is 26.7. The minimum absolute atomic E-state index is 0. The van der Waals surface area contributed by atoms with Gasteiger partial charge in [-0.05, 0) is 244 Å². The van der Waals surface area contributed by atoms with Gasteiger partial charge in [-0.15, -0.1) is 0 Å². The van der Waals surface area contributed by atoms with Crippen LogP contribution in [0.4, 0.5) is 17.3 Å². The minimum atomic E-state index is -6.00. The number of halogens is 4. The summed E-state index contributed by atoms with van der Waals surface area (Å²) in [5.74, 6) is 0. The maximum absolute atomic E-state index is 9.75. The van der Waals surface area contributed by atoms with Crippen LogP contribution in [0.15, 0.2) is 394 Å². The average Bonchev–Trinajstić information content (AvgIpc) is 0.823. The van der Waals surface area contributed by atoms with Gasteiger partial charge < -0.3 is 17.3 Å². The number of rotatable bonds is 15. The van der Waals surface area contributed by atoms with E-state index in [2.05, 4.69) is 464 Å². The summed E-state index contributed by atoms with van der Waals surface area (Å²) in [4.78, 5) is 0. The standard InChI is InChI=1S/5C20H19P.CH3.5Au.BF4/c5*1-16-10-6-8-14-19(16)21(18-12-4-3-5-13-18)20-15-9-7-11-17(20)2;;;;;;;2-1(3,4)5/h5*3-15H,1-2H3;1H3;;;;;;/q;;;;;+1;;;;;;-1. The molecular formula is C101H98Au5BF4P5. The van der Waals surface area contributed by atoms with Crippen LogP contribution in [0.5, 0.6) is 0 Å². The van der Waals surface area contributed by atoms with Gasteiger partial charge in [0, 0.05) is 119 Å². The first-order chi connectivity index (χ1) is 53.4. The van der Waals surface area contributed by atoms with Crippen molar-refractivity contribution in [1.82, 2.24) is 0 Å². The Morgan fingerprint density at radius 2 is 0.224 bits per heavy atom. The Labute approximate surface area is 773 Å². The van der Waals surface area contributed by atoms with Crippen LogP contribution < -0.4 is 79.6 Å². The molecule has 0 saturated carbocycles. The maximum atomic E-state index is 9.75. The summed E-state index contributed by atoms with van der Waals surface area (Å²) in [5.41, 5.74) is 13.7. The van der Waals surface area contributed by atoms with Crippen LogP contribution in [-0.4, -0.2) is 7.25 Å². The molecular weight excluding hydrogens is 2440 g/mol. The molecule has 613 valence electrons. The molecule has 0 heterocycles. The van der Waals surface area contributed by atoms with Gasteiger partial charge in [0.15, 0.2) is 0 Å². The molecule has 0 bridgehead atoms. The fourth-order valence-electron chi connectivity index (χ4n) is 13.1. The van der Waals surface area contributed by atoms with Crippen LogP contribution >= 0.6 is 39.6 Å². The summed E-state index contributed by atoms with van der Waals surface area (Å²) in [6.07, 6.45) is 0. The summed E-state index contributed by atoms with van der Waals surface area (Å²) in [6.45, 7) is 22.1. The molecule has 0 aliphatic rings. The molecule has 0 aromatic heterocycles. The Balaban J connectivity index is 0.000000297. The van der Waals surface area contributed by atoms with Gasteiger partial charge >= 0.3 is 7.25 Å². The van der Waals surface area contributed by atoms with Crippen LogP contribution in [0.2, 0.25) is 0 Å². The zero-order valence-electron chi connectivity index (χ0n) is 66.9. The molecule has 5 radical (unpaired) electrons. The Hall–Kier alpha value is -6.19. The monoisotopic (exact) mass is 2540 g/mol. The fourth-order valence-corrected chi connectivity index (χ4v) is 26.1. The van der Waals surface area contributed by atoms with E-state index in [9.17, 15) is 17.3 Å². The summed E-state index contributed by atoms with van der Waals surface area (Å²) >= 11 is 0. The first-order valence-corrected chi connectivity index (χ1v) is 43.8. The van der Waals surface area contributed by atoms with E-state index in [4.69, 9.17) is 0 Å². The van der Waals surface area contributed by atoms with Crippen molar-refractivity contribution in [3.8, 4) is 0 Å². The molecule has 15 heteroatoms. The maximum Gasteiger partial charge on any atom is 0.673 e. The molecule has 0 unspecified atom stereocenters. The van der Waals surface area contributed by atoms with E-state index >= 15 is 0 Å². The third-order valence-corrected chi connectivity index (χ3v) is 32.5. The Morgan fingerprint density at radius 1 is 0.147 bits per heavy atom. The van der Waals surface area contributed by atoms with Gasteiger partial charge in [0.1, 0.15) is 0 Å². The summed E-state index contributed by atoms with van der Waals surface area (Å²) in [5, 5.41) is 21.6. The number of hydrogen-bond acceptors (Lipinski definition) is 0. The number of hydrogen-bond donors (Lipinski definition) is 0. The second kappa shape index (κ2) is 52.8. The van der Waals surface area contributed by atoms with Crippen molar-refractivity contribution in [2.75, 3.05) is 0 Å². The van der Waals surface area contributed by atoms with Gasteiger partial charge in [0.25, 0.3) is 0 Å². The van der Waals surface area contributed by atoms with Crippen molar-refractivity contribution < 1.29 is 129 Å². The van der Waals surface area contributed by atoms with E-state index < -0.39 is 46.9 Å². The molecule has 0 aliphatic heterocycles. The first-order valence-electron chi connectivity index (χ1n) is 37.1. The number of benzene rings is 15. The molecule has 116 heavy (non-hydrogen) atoms. The van der Waals surface area contributed by atoms with E-state index in [-0.39, 0.29) is 119 Å². The van der Waals surface area contributed by atoms with E-state index in [1.807, 2.05) is 0 Å². The van der Waals surface area contributed by atoms with Crippen molar-refractivity contribution in [3.05, 3.63) is 457 Å². The molecule has 0 saturated heterocycles. The quantitative estimate of drug-likeness (QED) is 0.0415. The van der Waals surface area contributed by atoms with Crippen LogP contribution in [0, 0.1) is 76.7 Å². The van der Waals surface area contributed by atoms with Crippen LogP contribution in [0.1, 0.15) is 55.6 Å². The molecule has 0 aliphatic carbocycles. The van der Waals surface area contributed by atoms with Gasteiger partial charge in [-0.25, -0.2) is 0 Å². The van der Waals surface area contributed by atoms with Crippen molar-refractivity contribution >= 4 is 126 Å². The molecule has 0 nitrogen and oxygen atoms in total. The van der Waals surface area contributed by atoms with Gasteiger partial charge in [-0.3, -0.25) is 0 Å². The number of aryl methyl sites for hydroxylation is 10. The zero-order valence-corrected chi connectivity index (χ0v) is 82.2. The van der Waals surface area contributed by atoms with Crippen LogP contribution in [-0.2, 0) is 112 Å². The molecule has 15 aromatic carbocycles. The van der Waals surface area contributed by atoms with Gasteiger partial charge in [0.2, 0.25) is 0 Å². The minimum Gasteiger partial charge on any atom is -0.418 e. The van der Waals surface area contributed by atoms with Crippen molar-refractivity contribution in [2.45, 2.75) is 69.2 Å². The topological polar surface area (TPSA) is 0 Å². The smallest absolute Gasteiger partial charge is 0.418 e. The molecule has 0 fully saturated rings. The third kappa shape index (κ3) is 29.6. The first kappa shape index (κ1) is 102. The second-order valence-corrected chi connectivity index (χ2v) is 37.5. The summed E-state index contributed by atoms with van der Waals surface area (Å²) < 4.78 is 39.0. The molecule has 0 atom stereocenters. The van der Waals surface area contributed by atoms with Gasteiger partial charge in [-0.1, -0.05) is 394 Å². The van der Waals surface area contributed by atoms with Crippen molar-refractivity contribution in [3.63, 3.8) is 0 Å². The van der Waals surface area contributed by atoms with Gasteiger partial charge in [0.05, 0.1) is 0 Å². The third-order valence-electron chi connectivity index (χ3n) is 18.6. The normalized spacial score (nSPS) is 10.3. The zero-order chi connectivity index (χ0) is 77.8. The van der Waals surface area contributed by atoms with E-state index in [0.717, 1.165) is 0 Å². The van der Waals surface area contributed by atoms with Gasteiger partial charge in [-0.2, -0.15) is 0 Å². The Bertz CT molecular complexity index is 4350. The molecule has 0 spiro atoms. The van der Waals surface area contributed by atoms with Crippen molar-refractivity contribution in [1.29, 1.82) is 0 Å². The Kier molecular flexibility index (Phi) is 46.5. The van der Waals surface area contributed by atoms with Crippen LogP contribution in [0.3, 0.4) is 0 Å². The fraction of sp³-hybridized carbons (Fsp3) is 0.0990. The molecule has 15 aromatic rings. The predicted molar refractivity (Wildman–Crippen MR) is 490 cm³/mol. The summed E-state index contributed by atoms with van der Waals surface area (Å²) in [6, 6.07) is 142. The largest absolute Gasteiger partial charge is 0.673 e. The average molecular weight is 2540 g/mol. The predicted octanol–water partition coefficient (Wildman–Crippen LogP) is 22.0. The molecule has 15 rings (SSSR count). The van der Waals surface area contributed by atoms with Crippen molar-refractivity contribution in [2.24, 2.45) is 0 Å². The van der Waals surface area contributed by atoms with Crippen LogP contribution in [0.25, 0.3) is 0 Å².